The van der Waals surface area contributed by atoms with Crippen molar-refractivity contribution >= 4 is 0 Å². The zero-order valence-corrected chi connectivity index (χ0v) is 6.97. The molecule has 2 N–H and O–H groups in total. The fourth-order valence-electron chi connectivity index (χ4n) is 1.94. The lowest BCUT2D eigenvalue weighted by Gasteiger charge is -2.40. The molecular weight excluding hydrogens is 140 g/mol. The Morgan fingerprint density at radius 1 is 1.27 bits per heavy atom. The van der Waals surface area contributed by atoms with Gasteiger partial charge in [0, 0.05) is 12.6 Å². The molecule has 3 unspecified atom stereocenters. The number of nitrogens with one attached hydrogen (secondary N) is 2. The van der Waals surface area contributed by atoms with E-state index in [4.69, 9.17) is 4.74 Å². The van der Waals surface area contributed by atoms with E-state index < -0.39 is 0 Å². The molecule has 2 saturated heterocycles. The number of rotatable bonds is 0. The molecule has 0 aromatic rings. The largest absolute Gasteiger partial charge is 0.360 e. The summed E-state index contributed by atoms with van der Waals surface area (Å²) in [5, 5.41) is 6.85. The summed E-state index contributed by atoms with van der Waals surface area (Å²) >= 11 is 0. The van der Waals surface area contributed by atoms with Crippen molar-refractivity contribution in [2.45, 2.75) is 25.6 Å². The molecule has 2 rings (SSSR count). The van der Waals surface area contributed by atoms with Gasteiger partial charge in [-0.1, -0.05) is 6.92 Å². The number of hydrogen-bond acceptors (Lipinski definition) is 3. The number of hydrogen-bond donors (Lipinski definition) is 2. The SMILES string of the molecule is CC1CCNC2OCCNC12. The number of ether oxygens (including phenoxy) is 1. The second-order valence-electron chi connectivity index (χ2n) is 3.49. The Labute approximate surface area is 67.5 Å². The Morgan fingerprint density at radius 2 is 2.18 bits per heavy atom. The topological polar surface area (TPSA) is 33.3 Å². The van der Waals surface area contributed by atoms with Crippen molar-refractivity contribution in [3.63, 3.8) is 0 Å². The van der Waals surface area contributed by atoms with Crippen LogP contribution in [-0.4, -0.2) is 32.0 Å². The highest BCUT2D eigenvalue weighted by atomic mass is 16.5. The highest BCUT2D eigenvalue weighted by Crippen LogP contribution is 2.18. The van der Waals surface area contributed by atoms with E-state index in [9.17, 15) is 0 Å². The molecule has 0 aliphatic carbocycles. The van der Waals surface area contributed by atoms with Gasteiger partial charge in [-0.15, -0.1) is 0 Å². The minimum absolute atomic E-state index is 0.271. The van der Waals surface area contributed by atoms with Crippen LogP contribution in [-0.2, 0) is 4.74 Å². The van der Waals surface area contributed by atoms with Crippen molar-refractivity contribution in [1.82, 2.24) is 10.6 Å². The van der Waals surface area contributed by atoms with E-state index in [-0.39, 0.29) is 6.23 Å². The van der Waals surface area contributed by atoms with Gasteiger partial charge in [0.2, 0.25) is 0 Å². The zero-order valence-electron chi connectivity index (χ0n) is 6.97. The number of piperidine rings is 1. The molecule has 0 amide bonds. The van der Waals surface area contributed by atoms with Crippen LogP contribution in [0.15, 0.2) is 0 Å². The van der Waals surface area contributed by atoms with E-state index in [2.05, 4.69) is 17.6 Å². The Balaban J connectivity index is 1.99. The maximum absolute atomic E-state index is 5.58. The van der Waals surface area contributed by atoms with Crippen LogP contribution in [0.1, 0.15) is 13.3 Å². The van der Waals surface area contributed by atoms with Gasteiger partial charge in [-0.05, 0) is 18.9 Å². The van der Waals surface area contributed by atoms with Crippen LogP contribution in [0.25, 0.3) is 0 Å². The summed E-state index contributed by atoms with van der Waals surface area (Å²) in [6.45, 7) is 5.25. The number of morpholine rings is 1. The predicted octanol–water partition coefficient (Wildman–Crippen LogP) is -0.0697. The van der Waals surface area contributed by atoms with Crippen LogP contribution in [0.5, 0.6) is 0 Å². The molecular formula is C8H16N2O. The summed E-state index contributed by atoms with van der Waals surface area (Å²) < 4.78 is 5.58. The average Bonchev–Trinajstić information content (AvgIpc) is 2.06. The van der Waals surface area contributed by atoms with E-state index in [0.29, 0.717) is 6.04 Å². The molecule has 64 valence electrons. The minimum Gasteiger partial charge on any atom is -0.360 e. The third kappa shape index (κ3) is 1.41. The van der Waals surface area contributed by atoms with Gasteiger partial charge >= 0.3 is 0 Å². The quantitative estimate of drug-likeness (QED) is 0.515. The molecule has 2 heterocycles. The highest BCUT2D eigenvalue weighted by molar-refractivity contribution is 4.87. The van der Waals surface area contributed by atoms with Crippen LogP contribution in [0, 0.1) is 5.92 Å². The first-order valence-electron chi connectivity index (χ1n) is 4.46. The summed E-state index contributed by atoms with van der Waals surface area (Å²) in [6, 6.07) is 0.539. The summed E-state index contributed by atoms with van der Waals surface area (Å²) in [5.74, 6) is 0.751. The van der Waals surface area contributed by atoms with Gasteiger partial charge in [-0.2, -0.15) is 0 Å². The van der Waals surface area contributed by atoms with Crippen LogP contribution < -0.4 is 10.6 Å². The second kappa shape index (κ2) is 3.09. The fraction of sp³-hybridized carbons (Fsp3) is 1.00. The Morgan fingerprint density at radius 3 is 3.00 bits per heavy atom. The first-order chi connectivity index (χ1) is 5.38. The minimum atomic E-state index is 0.271. The second-order valence-corrected chi connectivity index (χ2v) is 3.49. The van der Waals surface area contributed by atoms with Gasteiger partial charge in [0.15, 0.2) is 0 Å². The Bertz CT molecular complexity index is 138. The summed E-state index contributed by atoms with van der Waals surface area (Å²) in [6.07, 6.45) is 1.53. The van der Waals surface area contributed by atoms with Gasteiger partial charge < -0.3 is 10.1 Å². The highest BCUT2D eigenvalue weighted by Gasteiger charge is 2.32. The van der Waals surface area contributed by atoms with Gasteiger partial charge in [-0.3, -0.25) is 5.32 Å². The molecule has 2 fully saturated rings. The van der Waals surface area contributed by atoms with Gasteiger partial charge in [0.25, 0.3) is 0 Å². The standard InChI is InChI=1S/C8H16N2O/c1-6-2-3-10-8-7(6)9-4-5-11-8/h6-10H,2-5H2,1H3. The molecule has 11 heavy (non-hydrogen) atoms. The monoisotopic (exact) mass is 156 g/mol. The lowest BCUT2D eigenvalue weighted by atomic mass is 9.92. The molecule has 3 atom stereocenters. The fourth-order valence-corrected chi connectivity index (χ4v) is 1.94. The van der Waals surface area contributed by atoms with Gasteiger partial charge in [0.05, 0.1) is 6.61 Å². The lowest BCUT2D eigenvalue weighted by molar-refractivity contribution is -0.0538. The summed E-state index contributed by atoms with van der Waals surface area (Å²) in [4.78, 5) is 0. The van der Waals surface area contributed by atoms with E-state index in [0.717, 1.165) is 25.6 Å². The van der Waals surface area contributed by atoms with E-state index in [1.54, 1.807) is 0 Å². The van der Waals surface area contributed by atoms with Gasteiger partial charge in [-0.25, -0.2) is 0 Å². The molecule has 0 aromatic carbocycles. The lowest BCUT2D eigenvalue weighted by Crippen LogP contribution is -2.60. The Hall–Kier alpha value is -0.120. The third-order valence-corrected chi connectivity index (χ3v) is 2.66. The molecule has 2 aliphatic rings. The normalized spacial score (nSPS) is 45.0. The van der Waals surface area contributed by atoms with Crippen LogP contribution >= 0.6 is 0 Å². The van der Waals surface area contributed by atoms with E-state index in [1.807, 2.05) is 0 Å². The first kappa shape index (κ1) is 7.53. The number of fused-ring (bicyclic) bond motifs is 1. The van der Waals surface area contributed by atoms with Crippen molar-refractivity contribution in [1.29, 1.82) is 0 Å². The Kier molecular flexibility index (Phi) is 2.11. The predicted molar refractivity (Wildman–Crippen MR) is 43.3 cm³/mol. The smallest absolute Gasteiger partial charge is 0.123 e. The molecule has 0 aromatic heterocycles. The van der Waals surface area contributed by atoms with Gasteiger partial charge in [0.1, 0.15) is 6.23 Å². The zero-order chi connectivity index (χ0) is 7.68. The van der Waals surface area contributed by atoms with Crippen LogP contribution in [0.2, 0.25) is 0 Å². The molecule has 2 aliphatic heterocycles. The van der Waals surface area contributed by atoms with Crippen LogP contribution in [0.4, 0.5) is 0 Å². The maximum atomic E-state index is 5.58. The van der Waals surface area contributed by atoms with Crippen LogP contribution in [0.3, 0.4) is 0 Å². The molecule has 3 heteroatoms. The van der Waals surface area contributed by atoms with E-state index in [1.165, 1.54) is 6.42 Å². The van der Waals surface area contributed by atoms with Crippen molar-refractivity contribution in [2.24, 2.45) is 5.92 Å². The van der Waals surface area contributed by atoms with E-state index >= 15 is 0 Å². The molecule has 0 spiro atoms. The van der Waals surface area contributed by atoms with Crippen molar-refractivity contribution < 1.29 is 4.74 Å². The van der Waals surface area contributed by atoms with Crippen molar-refractivity contribution in [2.75, 3.05) is 19.7 Å². The van der Waals surface area contributed by atoms with Crippen molar-refractivity contribution in [3.8, 4) is 0 Å². The summed E-state index contributed by atoms with van der Waals surface area (Å²) in [5.41, 5.74) is 0. The summed E-state index contributed by atoms with van der Waals surface area (Å²) in [7, 11) is 0. The molecule has 0 bridgehead atoms. The third-order valence-electron chi connectivity index (χ3n) is 2.66. The molecule has 0 radical (unpaired) electrons. The first-order valence-corrected chi connectivity index (χ1v) is 4.46. The van der Waals surface area contributed by atoms with Crippen molar-refractivity contribution in [3.05, 3.63) is 0 Å². The maximum Gasteiger partial charge on any atom is 0.123 e. The molecule has 3 nitrogen and oxygen atoms in total. The average molecular weight is 156 g/mol. The molecule has 0 saturated carbocycles.